The van der Waals surface area contributed by atoms with Gasteiger partial charge in [0.25, 0.3) is 5.91 Å². The van der Waals surface area contributed by atoms with Crippen molar-refractivity contribution in [1.29, 1.82) is 0 Å². The van der Waals surface area contributed by atoms with Gasteiger partial charge < -0.3 is 0 Å². The van der Waals surface area contributed by atoms with Gasteiger partial charge in [0.05, 0.1) is 23.1 Å². The zero-order valence-electron chi connectivity index (χ0n) is 17.4. The first kappa shape index (κ1) is 20.6. The molecular weight excluding hydrogens is 507 g/mol. The molecule has 5 rings (SSSR count). The zero-order chi connectivity index (χ0) is 21.9. The van der Waals surface area contributed by atoms with Crippen molar-refractivity contribution in [2.75, 3.05) is 4.90 Å². The molecule has 0 spiro atoms. The minimum absolute atomic E-state index is 0.0223. The van der Waals surface area contributed by atoms with Crippen LogP contribution < -0.4 is 4.90 Å². The van der Waals surface area contributed by atoms with Crippen LogP contribution in [0.4, 0.5) is 11.4 Å². The SMILES string of the molecule is O=C(c1ccccc1)N1c2ccccc2N=C(c2ccc(I)cc2)C[C@H]1c1ccccc1. The molecule has 4 heteroatoms. The molecule has 32 heavy (non-hydrogen) atoms. The van der Waals surface area contributed by atoms with Gasteiger partial charge in [-0.1, -0.05) is 72.8 Å². The number of hydrogen-bond donors (Lipinski definition) is 0. The van der Waals surface area contributed by atoms with Gasteiger partial charge in [0, 0.05) is 15.6 Å². The maximum atomic E-state index is 13.9. The molecule has 0 N–H and O–H groups in total. The van der Waals surface area contributed by atoms with E-state index in [1.165, 1.54) is 3.57 Å². The lowest BCUT2D eigenvalue weighted by Crippen LogP contribution is -2.35. The summed E-state index contributed by atoms with van der Waals surface area (Å²) >= 11 is 2.31. The first-order chi connectivity index (χ1) is 15.7. The molecule has 4 aromatic carbocycles. The molecular formula is C28H21IN2O. The molecule has 1 heterocycles. The number of carbonyl (C=O) groups is 1. The molecule has 0 fully saturated rings. The van der Waals surface area contributed by atoms with E-state index < -0.39 is 0 Å². The predicted octanol–water partition coefficient (Wildman–Crippen LogP) is 7.20. The summed E-state index contributed by atoms with van der Waals surface area (Å²) in [5.41, 5.74) is 5.45. The molecule has 0 aliphatic carbocycles. The summed E-state index contributed by atoms with van der Waals surface area (Å²) in [5.74, 6) is -0.0223. The van der Waals surface area contributed by atoms with Crippen molar-refractivity contribution in [3.05, 3.63) is 129 Å². The van der Waals surface area contributed by atoms with Gasteiger partial charge in [-0.3, -0.25) is 14.7 Å². The fraction of sp³-hybridized carbons (Fsp3) is 0.0714. The van der Waals surface area contributed by atoms with Crippen molar-refractivity contribution < 1.29 is 4.79 Å². The van der Waals surface area contributed by atoms with E-state index in [4.69, 9.17) is 4.99 Å². The van der Waals surface area contributed by atoms with E-state index in [9.17, 15) is 4.79 Å². The number of anilines is 1. The van der Waals surface area contributed by atoms with Crippen LogP contribution in [0.2, 0.25) is 0 Å². The van der Waals surface area contributed by atoms with Crippen molar-refractivity contribution in [1.82, 2.24) is 0 Å². The summed E-state index contributed by atoms with van der Waals surface area (Å²) in [6.07, 6.45) is 0.623. The second-order valence-corrected chi connectivity index (χ2v) is 8.97. The number of carbonyl (C=O) groups excluding carboxylic acids is 1. The summed E-state index contributed by atoms with van der Waals surface area (Å²) in [4.78, 5) is 20.8. The van der Waals surface area contributed by atoms with E-state index in [1.807, 2.05) is 77.7 Å². The summed E-state index contributed by atoms with van der Waals surface area (Å²) < 4.78 is 1.18. The van der Waals surface area contributed by atoms with E-state index >= 15 is 0 Å². The van der Waals surface area contributed by atoms with Crippen LogP contribution >= 0.6 is 22.6 Å². The summed E-state index contributed by atoms with van der Waals surface area (Å²) in [5, 5.41) is 0. The molecule has 1 atom stereocenters. The summed E-state index contributed by atoms with van der Waals surface area (Å²) in [6, 6.07) is 35.9. The molecule has 4 aromatic rings. The Kier molecular flexibility index (Phi) is 5.86. The van der Waals surface area contributed by atoms with Crippen molar-refractivity contribution >= 4 is 45.6 Å². The predicted molar refractivity (Wildman–Crippen MR) is 139 cm³/mol. The van der Waals surface area contributed by atoms with E-state index in [0.29, 0.717) is 12.0 Å². The summed E-state index contributed by atoms with van der Waals surface area (Å²) in [6.45, 7) is 0. The van der Waals surface area contributed by atoms with E-state index in [2.05, 4.69) is 59.0 Å². The van der Waals surface area contributed by atoms with Gasteiger partial charge in [-0.25, -0.2) is 0 Å². The largest absolute Gasteiger partial charge is 0.298 e. The molecule has 1 amide bonds. The summed E-state index contributed by atoms with van der Waals surface area (Å²) in [7, 11) is 0. The minimum atomic E-state index is -0.175. The van der Waals surface area contributed by atoms with Gasteiger partial charge in [0.15, 0.2) is 0 Å². The van der Waals surface area contributed by atoms with Crippen LogP contribution in [0.15, 0.2) is 114 Å². The number of hydrogen-bond acceptors (Lipinski definition) is 2. The standard InChI is InChI=1S/C28H21IN2O/c29-23-17-15-20(16-18-23)25-19-27(21-9-3-1-4-10-21)31(26-14-8-7-13-24(26)30-25)28(32)22-11-5-2-6-12-22/h1-18,27H,19H2/t27-/m0/s1. The highest BCUT2D eigenvalue weighted by molar-refractivity contribution is 14.1. The Hall–Kier alpha value is -3.25. The molecule has 1 aliphatic heterocycles. The van der Waals surface area contributed by atoms with Gasteiger partial charge in [0.2, 0.25) is 0 Å². The van der Waals surface area contributed by atoms with Crippen LogP contribution in [0.1, 0.15) is 33.9 Å². The topological polar surface area (TPSA) is 32.7 Å². The molecule has 0 bridgehead atoms. The molecule has 0 radical (unpaired) electrons. The van der Waals surface area contributed by atoms with Gasteiger partial charge in [-0.2, -0.15) is 0 Å². The Bertz CT molecular complexity index is 1270. The Morgan fingerprint density at radius 2 is 1.41 bits per heavy atom. The molecule has 0 saturated carbocycles. The smallest absolute Gasteiger partial charge is 0.258 e. The number of fused-ring (bicyclic) bond motifs is 1. The number of halogens is 1. The number of benzene rings is 4. The van der Waals surface area contributed by atoms with Crippen LogP contribution in [0.5, 0.6) is 0 Å². The third-order valence-electron chi connectivity index (χ3n) is 5.70. The van der Waals surface area contributed by atoms with Crippen LogP contribution in [-0.2, 0) is 0 Å². The lowest BCUT2D eigenvalue weighted by Gasteiger charge is -2.32. The van der Waals surface area contributed by atoms with Crippen molar-refractivity contribution in [3.8, 4) is 0 Å². The number of para-hydroxylation sites is 2. The maximum absolute atomic E-state index is 13.9. The molecule has 0 unspecified atom stereocenters. The second-order valence-electron chi connectivity index (χ2n) is 7.73. The van der Waals surface area contributed by atoms with Crippen molar-refractivity contribution in [2.45, 2.75) is 12.5 Å². The third kappa shape index (κ3) is 4.10. The highest BCUT2D eigenvalue weighted by Gasteiger charge is 2.32. The highest BCUT2D eigenvalue weighted by atomic mass is 127. The van der Waals surface area contributed by atoms with Gasteiger partial charge >= 0.3 is 0 Å². The monoisotopic (exact) mass is 528 g/mol. The average Bonchev–Trinajstić information content (AvgIpc) is 3.02. The molecule has 0 aromatic heterocycles. The third-order valence-corrected chi connectivity index (χ3v) is 6.42. The molecule has 156 valence electrons. The van der Waals surface area contributed by atoms with Crippen LogP contribution in [0.25, 0.3) is 0 Å². The van der Waals surface area contributed by atoms with E-state index in [-0.39, 0.29) is 11.9 Å². The fourth-order valence-electron chi connectivity index (χ4n) is 4.13. The molecule has 3 nitrogen and oxygen atoms in total. The van der Waals surface area contributed by atoms with Crippen LogP contribution in [-0.4, -0.2) is 11.6 Å². The maximum Gasteiger partial charge on any atom is 0.258 e. The lowest BCUT2D eigenvalue weighted by atomic mass is 9.95. The van der Waals surface area contributed by atoms with Gasteiger partial charge in [0.1, 0.15) is 0 Å². The molecule has 0 saturated heterocycles. The lowest BCUT2D eigenvalue weighted by molar-refractivity contribution is 0.0977. The first-order valence-corrected chi connectivity index (χ1v) is 11.6. The number of rotatable bonds is 3. The Morgan fingerprint density at radius 3 is 2.12 bits per heavy atom. The van der Waals surface area contributed by atoms with Gasteiger partial charge in [-0.15, -0.1) is 0 Å². The van der Waals surface area contributed by atoms with Crippen LogP contribution in [0.3, 0.4) is 0 Å². The zero-order valence-corrected chi connectivity index (χ0v) is 19.5. The number of aliphatic imine (C=N–C) groups is 1. The van der Waals surface area contributed by atoms with Gasteiger partial charge in [-0.05, 0) is 70.1 Å². The highest BCUT2D eigenvalue weighted by Crippen LogP contribution is 2.41. The first-order valence-electron chi connectivity index (χ1n) is 10.6. The Morgan fingerprint density at radius 1 is 0.781 bits per heavy atom. The van der Waals surface area contributed by atoms with Crippen LogP contribution in [0, 0.1) is 3.57 Å². The fourth-order valence-corrected chi connectivity index (χ4v) is 4.49. The number of nitrogens with zero attached hydrogens (tertiary/aromatic N) is 2. The second kappa shape index (κ2) is 9.09. The normalized spacial score (nSPS) is 15.5. The Labute approximate surface area is 201 Å². The van der Waals surface area contributed by atoms with E-state index in [1.54, 1.807) is 0 Å². The average molecular weight is 528 g/mol. The minimum Gasteiger partial charge on any atom is -0.298 e. The van der Waals surface area contributed by atoms with E-state index in [0.717, 1.165) is 28.2 Å². The molecule has 1 aliphatic rings. The Balaban J connectivity index is 1.69. The quantitative estimate of drug-likeness (QED) is 0.259. The number of amides is 1. The van der Waals surface area contributed by atoms with Crippen molar-refractivity contribution in [3.63, 3.8) is 0 Å². The van der Waals surface area contributed by atoms with Crippen molar-refractivity contribution in [2.24, 2.45) is 4.99 Å².